The number of benzene rings is 4. The largest absolute Gasteiger partial charge is 0.494 e. The van der Waals surface area contributed by atoms with Gasteiger partial charge in [-0.1, -0.05) is 308 Å². The Morgan fingerprint density at radius 3 is 0.826 bits per heavy atom. The molecule has 0 aromatic heterocycles. The molecule has 0 fully saturated rings. The van der Waals surface area contributed by atoms with Crippen LogP contribution in [0.2, 0.25) is 0 Å². The highest BCUT2D eigenvalue weighted by atomic mass is 16.6. The molecule has 1 radical (unpaired) electrons. The van der Waals surface area contributed by atoms with Crippen molar-refractivity contribution in [3.63, 3.8) is 0 Å². The van der Waals surface area contributed by atoms with Crippen molar-refractivity contribution in [2.75, 3.05) is 41.2 Å². The molecular formula is C76H120NO9. The highest BCUT2D eigenvalue weighted by molar-refractivity contribution is 5.89. The van der Waals surface area contributed by atoms with Gasteiger partial charge in [0.05, 0.1) is 46.1 Å². The van der Waals surface area contributed by atoms with Crippen molar-refractivity contribution in [2.45, 2.75) is 296 Å². The SMILES string of the molecule is CCCCCCCCCCCCCCCCOc1ccc(-c2c(OC)c(OC)c(OC)c(C([O])(c3ccc(OCCCCCCCCCCCCCCCC)cc3)c3ccc(OCCCCCCCCCCCCCCCC)cc3)c2[N+](=O)[O-])cc1. The summed E-state index contributed by atoms with van der Waals surface area (Å²) in [7, 11) is 4.30. The molecule has 0 unspecified atom stereocenters. The fraction of sp³-hybridized carbons (Fsp3) is 0.684. The van der Waals surface area contributed by atoms with Crippen LogP contribution in [0.1, 0.15) is 307 Å². The van der Waals surface area contributed by atoms with Crippen molar-refractivity contribution in [3.05, 3.63) is 99.6 Å². The van der Waals surface area contributed by atoms with E-state index in [1.165, 1.54) is 252 Å². The lowest BCUT2D eigenvalue weighted by Gasteiger charge is -2.31. The fourth-order valence-electron chi connectivity index (χ4n) is 12.2. The first-order valence-corrected chi connectivity index (χ1v) is 35.2. The lowest BCUT2D eigenvalue weighted by molar-refractivity contribution is -0.385. The van der Waals surface area contributed by atoms with Crippen LogP contribution in [0, 0.1) is 10.1 Å². The Balaban J connectivity index is 1.48. The summed E-state index contributed by atoms with van der Waals surface area (Å²) in [4.78, 5) is 13.4. The van der Waals surface area contributed by atoms with E-state index in [-0.39, 0.29) is 39.5 Å². The number of rotatable bonds is 56. The fourth-order valence-corrected chi connectivity index (χ4v) is 12.2. The molecular weight excluding hydrogens is 1070 g/mol. The van der Waals surface area contributed by atoms with Crippen LogP contribution >= 0.6 is 0 Å². The van der Waals surface area contributed by atoms with Gasteiger partial charge in [-0.2, -0.15) is 0 Å². The van der Waals surface area contributed by atoms with Gasteiger partial charge in [-0.3, -0.25) is 10.1 Å². The van der Waals surface area contributed by atoms with Crippen LogP contribution < -0.4 is 28.4 Å². The number of hydrogen-bond acceptors (Lipinski definition) is 8. The molecule has 0 atom stereocenters. The van der Waals surface area contributed by atoms with Gasteiger partial charge in [0.2, 0.25) is 5.75 Å². The minimum atomic E-state index is -2.40. The Labute approximate surface area is 524 Å². The minimum Gasteiger partial charge on any atom is -0.494 e. The molecule has 0 N–H and O–H groups in total. The minimum absolute atomic E-state index is 0.0743. The molecule has 0 bridgehead atoms. The second-order valence-corrected chi connectivity index (χ2v) is 24.5. The third kappa shape index (κ3) is 27.6. The van der Waals surface area contributed by atoms with Crippen LogP contribution in [-0.2, 0) is 10.7 Å². The molecule has 4 aromatic carbocycles. The first kappa shape index (κ1) is 73.5. The van der Waals surface area contributed by atoms with Gasteiger partial charge in [0.15, 0.2) is 17.1 Å². The van der Waals surface area contributed by atoms with E-state index in [1.54, 1.807) is 60.7 Å². The first-order valence-electron chi connectivity index (χ1n) is 35.2. The summed E-state index contributed by atoms with van der Waals surface area (Å²) in [5.41, 5.74) is -1.95. The highest BCUT2D eigenvalue weighted by Gasteiger charge is 2.49. The van der Waals surface area contributed by atoms with Crippen molar-refractivity contribution in [2.24, 2.45) is 0 Å². The molecule has 0 saturated heterocycles. The number of nitro benzene ring substituents is 1. The van der Waals surface area contributed by atoms with Crippen LogP contribution in [0.5, 0.6) is 34.5 Å². The summed E-state index contributed by atoms with van der Waals surface area (Å²) in [5, 5.41) is 30.6. The molecule has 10 nitrogen and oxygen atoms in total. The van der Waals surface area contributed by atoms with E-state index < -0.39 is 16.2 Å². The number of methoxy groups -OCH3 is 3. The first-order chi connectivity index (χ1) is 42.3. The molecule has 0 aliphatic heterocycles. The maximum absolute atomic E-state index is 16.7. The lowest BCUT2D eigenvalue weighted by atomic mass is 9.77. The Hall–Kier alpha value is -4.96. The Bertz CT molecular complexity index is 2220. The van der Waals surface area contributed by atoms with Crippen molar-refractivity contribution in [1.82, 2.24) is 0 Å². The van der Waals surface area contributed by atoms with Crippen molar-refractivity contribution >= 4 is 5.69 Å². The van der Waals surface area contributed by atoms with E-state index in [2.05, 4.69) is 20.8 Å². The van der Waals surface area contributed by atoms with Crippen molar-refractivity contribution in [1.29, 1.82) is 0 Å². The monoisotopic (exact) mass is 1190 g/mol. The van der Waals surface area contributed by atoms with Crippen molar-refractivity contribution in [3.8, 4) is 45.6 Å². The summed E-state index contributed by atoms with van der Waals surface area (Å²) in [6, 6.07) is 21.2. The molecule has 4 rings (SSSR count). The zero-order valence-electron chi connectivity index (χ0n) is 55.4. The summed E-state index contributed by atoms with van der Waals surface area (Å²) in [6.07, 6.45) is 53.9. The van der Waals surface area contributed by atoms with E-state index in [4.69, 9.17) is 28.4 Å². The van der Waals surface area contributed by atoms with E-state index in [0.29, 0.717) is 42.6 Å². The quantitative estimate of drug-likeness (QED) is 0.0186. The molecule has 483 valence electrons. The van der Waals surface area contributed by atoms with Gasteiger partial charge in [0.25, 0.3) is 5.69 Å². The van der Waals surface area contributed by atoms with Crippen LogP contribution in [0.15, 0.2) is 72.8 Å². The van der Waals surface area contributed by atoms with Crippen LogP contribution in [0.3, 0.4) is 0 Å². The van der Waals surface area contributed by atoms with Gasteiger partial charge in [-0.25, -0.2) is 5.11 Å². The summed E-state index contributed by atoms with van der Waals surface area (Å²) < 4.78 is 36.8. The molecule has 0 aliphatic carbocycles. The summed E-state index contributed by atoms with van der Waals surface area (Å²) >= 11 is 0. The van der Waals surface area contributed by atoms with Gasteiger partial charge in [0, 0.05) is 0 Å². The van der Waals surface area contributed by atoms with Crippen LogP contribution in [0.4, 0.5) is 5.69 Å². The number of nitro groups is 1. The molecule has 0 amide bonds. The van der Waals surface area contributed by atoms with E-state index in [1.807, 2.05) is 12.1 Å². The van der Waals surface area contributed by atoms with Gasteiger partial charge in [0.1, 0.15) is 28.4 Å². The number of unbranched alkanes of at least 4 members (excludes halogenated alkanes) is 39. The Morgan fingerprint density at radius 2 is 0.581 bits per heavy atom. The van der Waals surface area contributed by atoms with Gasteiger partial charge >= 0.3 is 0 Å². The Morgan fingerprint density at radius 1 is 0.337 bits per heavy atom. The molecule has 0 spiro atoms. The summed E-state index contributed by atoms with van der Waals surface area (Å²) in [6.45, 7) is 8.51. The molecule has 4 aromatic rings. The van der Waals surface area contributed by atoms with Crippen LogP contribution in [-0.4, -0.2) is 46.1 Å². The maximum atomic E-state index is 16.7. The van der Waals surface area contributed by atoms with Gasteiger partial charge in [-0.15, -0.1) is 0 Å². The zero-order chi connectivity index (χ0) is 61.6. The molecule has 0 heterocycles. The predicted molar refractivity (Wildman–Crippen MR) is 359 cm³/mol. The topological polar surface area (TPSA) is 118 Å². The third-order valence-corrected chi connectivity index (χ3v) is 17.5. The van der Waals surface area contributed by atoms with Gasteiger partial charge in [-0.05, 0) is 72.4 Å². The average molecular weight is 1190 g/mol. The molecule has 0 saturated carbocycles. The van der Waals surface area contributed by atoms with E-state index >= 15 is 5.11 Å². The molecule has 86 heavy (non-hydrogen) atoms. The van der Waals surface area contributed by atoms with Crippen molar-refractivity contribution < 1.29 is 38.5 Å². The standard InChI is InChI=1S/C76H120NO9/c1-7-10-13-16-19-22-25-28-31-34-37-40-43-46-61-84-67-55-49-64(50-56-67)70-72(77(79)80)71(74(82-5)75(83-6)73(70)81-4)76(78,65-51-57-68(58-52-65)85-62-47-44-41-38-35-32-29-26-23-20-17-14-11-8-2)66-53-59-69(60-54-66)86-63-48-45-42-39-36-33-30-27-24-21-18-15-12-9-3/h49-60H,7-48,61-63H2,1-6H3. The maximum Gasteiger partial charge on any atom is 0.291 e. The average Bonchev–Trinajstić information content (AvgIpc) is 0.785. The lowest BCUT2D eigenvalue weighted by Crippen LogP contribution is -2.29. The predicted octanol–water partition coefficient (Wildman–Crippen LogP) is 23.6. The normalized spacial score (nSPS) is 11.5. The number of ether oxygens (including phenoxy) is 6. The second-order valence-electron chi connectivity index (χ2n) is 24.5. The third-order valence-electron chi connectivity index (χ3n) is 17.5. The van der Waals surface area contributed by atoms with Gasteiger partial charge < -0.3 is 28.4 Å². The van der Waals surface area contributed by atoms with E-state index in [0.717, 1.165) is 38.5 Å². The smallest absolute Gasteiger partial charge is 0.291 e. The molecule has 0 aliphatic rings. The second kappa shape index (κ2) is 47.1. The highest BCUT2D eigenvalue weighted by Crippen LogP contribution is 2.58. The Kier molecular flexibility index (Phi) is 40.3. The zero-order valence-corrected chi connectivity index (χ0v) is 55.4. The van der Waals surface area contributed by atoms with E-state index in [9.17, 15) is 10.1 Å². The molecule has 10 heteroatoms. The number of hydrogen-bond donors (Lipinski definition) is 0. The number of nitrogens with zero attached hydrogens (tertiary/aromatic N) is 1. The summed E-state index contributed by atoms with van der Waals surface area (Å²) in [5.74, 6) is 1.97. The van der Waals surface area contributed by atoms with Crippen LogP contribution in [0.25, 0.3) is 11.1 Å².